The first kappa shape index (κ1) is 9.79. The van der Waals surface area contributed by atoms with E-state index in [0.717, 1.165) is 26.2 Å². The molecule has 1 heterocycles. The van der Waals surface area contributed by atoms with Crippen LogP contribution in [0.15, 0.2) is 4.42 Å². The minimum atomic E-state index is 0.0762. The van der Waals surface area contributed by atoms with E-state index in [1.165, 1.54) is 0 Å². The van der Waals surface area contributed by atoms with Crippen LogP contribution in [0, 0.1) is 0 Å². The van der Waals surface area contributed by atoms with Crippen LogP contribution in [0.5, 0.6) is 0 Å². The predicted octanol–water partition coefficient (Wildman–Crippen LogP) is 0.490. The Balaban J connectivity index is 2.06. The monoisotopic (exact) mass is 186 g/mol. The van der Waals surface area contributed by atoms with Crippen LogP contribution in [-0.4, -0.2) is 30.0 Å². The van der Waals surface area contributed by atoms with E-state index in [1.54, 1.807) is 0 Å². The molecule has 6 heteroatoms. The Bertz CT molecular complexity index is 238. The number of hydrogen-bond donors (Lipinski definition) is 2. The maximum Gasteiger partial charge on any atom is 0.316 e. The summed E-state index contributed by atoms with van der Waals surface area (Å²) in [6, 6.07) is 0.432. The van der Waals surface area contributed by atoms with E-state index in [1.807, 2.05) is 6.92 Å². The van der Waals surface area contributed by atoms with Crippen LogP contribution in [0.2, 0.25) is 0 Å². The van der Waals surface area contributed by atoms with Crippen LogP contribution in [0.25, 0.3) is 0 Å². The minimum absolute atomic E-state index is 0.0762. The van der Waals surface area contributed by atoms with E-state index < -0.39 is 0 Å². The Kier molecular flexibility index (Phi) is 4.04. The lowest BCUT2D eigenvalue weighted by atomic mass is 10.4. The molecule has 0 aliphatic rings. The van der Waals surface area contributed by atoms with Crippen molar-refractivity contribution in [2.45, 2.75) is 13.3 Å². The Morgan fingerprint density at radius 2 is 2.38 bits per heavy atom. The molecule has 0 bridgehead atoms. The van der Waals surface area contributed by atoms with Crippen LogP contribution in [0.3, 0.4) is 0 Å². The molecule has 13 heavy (non-hydrogen) atoms. The molecule has 0 saturated heterocycles. The summed E-state index contributed by atoms with van der Waals surface area (Å²) in [7, 11) is 0. The second-order valence-corrected chi connectivity index (χ2v) is 2.42. The number of nitrogens with two attached hydrogens (primary N) is 1. The standard InChI is InChI=1S/C7H14N4O2/c1-2-12-5-3-4-9-7-11-10-6(8)13-7/h2-5H2,1H3,(H2,8,10)(H,9,11). The number of ether oxygens (including phenoxy) is 1. The number of nitrogens with zero attached hydrogens (tertiary/aromatic N) is 2. The summed E-state index contributed by atoms with van der Waals surface area (Å²) in [6.45, 7) is 4.17. The predicted molar refractivity (Wildman–Crippen MR) is 48.3 cm³/mol. The summed E-state index contributed by atoms with van der Waals surface area (Å²) >= 11 is 0. The average Bonchev–Trinajstić information content (AvgIpc) is 2.51. The van der Waals surface area contributed by atoms with Crippen molar-refractivity contribution >= 4 is 12.0 Å². The third-order valence-corrected chi connectivity index (χ3v) is 1.39. The van der Waals surface area contributed by atoms with Gasteiger partial charge in [-0.3, -0.25) is 0 Å². The van der Waals surface area contributed by atoms with Crippen LogP contribution in [0.1, 0.15) is 13.3 Å². The summed E-state index contributed by atoms with van der Waals surface area (Å²) in [5.41, 5.74) is 5.23. The maximum absolute atomic E-state index is 5.23. The largest absolute Gasteiger partial charge is 0.390 e. The van der Waals surface area contributed by atoms with Gasteiger partial charge in [-0.15, -0.1) is 0 Å². The molecule has 0 aliphatic carbocycles. The van der Waals surface area contributed by atoms with Crippen molar-refractivity contribution in [2.24, 2.45) is 0 Å². The van der Waals surface area contributed by atoms with E-state index in [2.05, 4.69) is 15.5 Å². The molecule has 0 fully saturated rings. The van der Waals surface area contributed by atoms with Crippen molar-refractivity contribution in [3.63, 3.8) is 0 Å². The van der Waals surface area contributed by atoms with Crippen molar-refractivity contribution in [3.05, 3.63) is 0 Å². The number of nitrogen functional groups attached to an aromatic ring is 1. The fraction of sp³-hybridized carbons (Fsp3) is 0.714. The van der Waals surface area contributed by atoms with Crippen LogP contribution in [0.4, 0.5) is 12.0 Å². The molecule has 1 aromatic rings. The third-order valence-electron chi connectivity index (χ3n) is 1.39. The molecule has 1 aromatic heterocycles. The third kappa shape index (κ3) is 3.75. The van der Waals surface area contributed by atoms with E-state index >= 15 is 0 Å². The zero-order valence-electron chi connectivity index (χ0n) is 7.62. The molecule has 6 nitrogen and oxygen atoms in total. The molecule has 3 N–H and O–H groups in total. The van der Waals surface area contributed by atoms with Gasteiger partial charge in [0.1, 0.15) is 0 Å². The topological polar surface area (TPSA) is 86.2 Å². The molecule has 0 aliphatic heterocycles. The summed E-state index contributed by atoms with van der Waals surface area (Å²) in [4.78, 5) is 0. The van der Waals surface area contributed by atoms with Crippen molar-refractivity contribution in [1.29, 1.82) is 0 Å². The van der Waals surface area contributed by atoms with Crippen molar-refractivity contribution in [1.82, 2.24) is 10.2 Å². The van der Waals surface area contributed by atoms with Crippen LogP contribution >= 0.6 is 0 Å². The Morgan fingerprint density at radius 3 is 3.00 bits per heavy atom. The number of aromatic nitrogens is 2. The fourth-order valence-corrected chi connectivity index (χ4v) is 0.820. The Hall–Kier alpha value is -1.30. The van der Waals surface area contributed by atoms with E-state index in [9.17, 15) is 0 Å². The second-order valence-electron chi connectivity index (χ2n) is 2.42. The molecule has 0 amide bonds. The lowest BCUT2D eigenvalue weighted by Gasteiger charge is -2.00. The Morgan fingerprint density at radius 1 is 1.54 bits per heavy atom. The first-order valence-corrected chi connectivity index (χ1v) is 4.23. The van der Waals surface area contributed by atoms with Gasteiger partial charge in [0.05, 0.1) is 0 Å². The van der Waals surface area contributed by atoms with E-state index in [-0.39, 0.29) is 6.01 Å². The molecule has 74 valence electrons. The van der Waals surface area contributed by atoms with Crippen molar-refractivity contribution in [2.75, 3.05) is 30.8 Å². The van der Waals surface area contributed by atoms with Gasteiger partial charge in [-0.25, -0.2) is 0 Å². The zero-order valence-corrected chi connectivity index (χ0v) is 7.62. The smallest absolute Gasteiger partial charge is 0.316 e. The van der Waals surface area contributed by atoms with Gasteiger partial charge in [-0.05, 0) is 13.3 Å². The van der Waals surface area contributed by atoms with Crippen molar-refractivity contribution in [3.8, 4) is 0 Å². The lowest BCUT2D eigenvalue weighted by Crippen LogP contribution is -2.05. The van der Waals surface area contributed by atoms with Gasteiger partial charge in [0, 0.05) is 19.8 Å². The molecule has 1 rings (SSSR count). The van der Waals surface area contributed by atoms with Gasteiger partial charge in [0.2, 0.25) is 0 Å². The highest BCUT2D eigenvalue weighted by Crippen LogP contribution is 2.05. The minimum Gasteiger partial charge on any atom is -0.390 e. The maximum atomic E-state index is 5.23. The Labute approximate surface area is 76.5 Å². The highest BCUT2D eigenvalue weighted by Gasteiger charge is 1.99. The molecular formula is C7H14N4O2. The van der Waals surface area contributed by atoms with Crippen molar-refractivity contribution < 1.29 is 9.15 Å². The van der Waals surface area contributed by atoms with Crippen LogP contribution < -0.4 is 11.1 Å². The highest BCUT2D eigenvalue weighted by atomic mass is 16.5. The molecular weight excluding hydrogens is 172 g/mol. The fourth-order valence-electron chi connectivity index (χ4n) is 0.820. The molecule has 0 spiro atoms. The SMILES string of the molecule is CCOCCCNc1nnc(N)o1. The first-order valence-electron chi connectivity index (χ1n) is 4.23. The molecule has 0 radical (unpaired) electrons. The molecule has 0 unspecified atom stereocenters. The second kappa shape index (κ2) is 5.36. The lowest BCUT2D eigenvalue weighted by molar-refractivity contribution is 0.147. The van der Waals surface area contributed by atoms with Gasteiger partial charge >= 0.3 is 12.0 Å². The van der Waals surface area contributed by atoms with Gasteiger partial charge in [0.25, 0.3) is 0 Å². The number of hydrogen-bond acceptors (Lipinski definition) is 6. The normalized spacial score (nSPS) is 10.2. The number of anilines is 2. The van der Waals surface area contributed by atoms with Crippen LogP contribution in [-0.2, 0) is 4.74 Å². The van der Waals surface area contributed by atoms with Gasteiger partial charge < -0.3 is 20.2 Å². The quantitative estimate of drug-likeness (QED) is 0.629. The highest BCUT2D eigenvalue weighted by molar-refractivity contribution is 5.21. The molecule has 0 aromatic carbocycles. The summed E-state index contributed by atoms with van der Waals surface area (Å²) in [6.07, 6.45) is 0.899. The van der Waals surface area contributed by atoms with E-state index in [4.69, 9.17) is 14.9 Å². The van der Waals surface area contributed by atoms with Gasteiger partial charge in [-0.1, -0.05) is 10.2 Å². The van der Waals surface area contributed by atoms with E-state index in [0.29, 0.717) is 6.01 Å². The van der Waals surface area contributed by atoms with Gasteiger partial charge in [0.15, 0.2) is 0 Å². The molecule has 0 saturated carbocycles. The number of rotatable bonds is 6. The van der Waals surface area contributed by atoms with Gasteiger partial charge in [-0.2, -0.15) is 0 Å². The summed E-state index contributed by atoms with van der Waals surface area (Å²) in [5.74, 6) is 0. The number of nitrogens with one attached hydrogen (secondary N) is 1. The molecule has 0 atom stereocenters. The summed E-state index contributed by atoms with van der Waals surface area (Å²) in [5, 5.41) is 10.1. The average molecular weight is 186 g/mol. The summed E-state index contributed by atoms with van der Waals surface area (Å²) < 4.78 is 10.0. The first-order chi connectivity index (χ1) is 6.33. The zero-order chi connectivity index (χ0) is 9.52.